The zero-order valence-corrected chi connectivity index (χ0v) is 45.7. The standard InChI is InChI=1S/C55H61N11O20/c1-24(48(77)66-46(25(2)68)54(83)63-35(47(58)76)16-26-6-4-3-5-7-26)60-51(80)36(20-42(57)72)64-50(79)34(14-15-41(56)71)62-52(81)37(21-44(74)75)65-53(82)38(23-67)61-43(73)22-59-49(78)27-8-11-30(33(17-27)55(84)85)45-31-12-9-28(69)18-39(31)86-40-19-29(70)10-13-32(40)45/h3-13,17-19,24-25,34-38,46,67-69H,14-16,20-23H2,1-2H3,(H2,56,71)(H2,57,72)(H2,58,76)(H,59,78)(H,60,80)(H,61,73)(H,62,81)(H,63,83)(H,64,79)(H,65,82)(H,66,77)(H,74,75)(H,84,85)/t24-,25+,34-,35-,36-,37-,38-,46-/m0/s1. The molecule has 0 unspecified atom stereocenters. The number of nitrogens with one attached hydrogen (secondary N) is 8. The number of benzene rings is 4. The first kappa shape index (κ1) is 66.0. The van der Waals surface area contributed by atoms with Gasteiger partial charge in [-0.15, -0.1) is 0 Å². The number of primary amides is 3. The Bertz CT molecular complexity index is 3480. The number of aliphatic hydroxyl groups excluding tert-OH is 2. The van der Waals surface area contributed by atoms with Gasteiger partial charge >= 0.3 is 11.9 Å². The van der Waals surface area contributed by atoms with E-state index in [1.807, 2.05) is 5.32 Å². The summed E-state index contributed by atoms with van der Waals surface area (Å²) in [5.74, 6) is -16.3. The number of hydrogen-bond donors (Lipinski definition) is 16. The maximum Gasteiger partial charge on any atom is 0.336 e. The highest BCUT2D eigenvalue weighted by Gasteiger charge is 2.36. The Morgan fingerprint density at radius 1 is 0.605 bits per heavy atom. The van der Waals surface area contributed by atoms with Crippen LogP contribution in [0.3, 0.4) is 0 Å². The molecule has 0 spiro atoms. The number of carboxylic acid groups (broad SMARTS) is 2. The van der Waals surface area contributed by atoms with Crippen molar-refractivity contribution in [3.8, 4) is 28.2 Å². The lowest BCUT2D eigenvalue weighted by atomic mass is 9.90. The molecule has 1 aliphatic carbocycles. The number of aromatic hydroxyl groups is 1. The Kier molecular flexibility index (Phi) is 23.0. The number of aliphatic hydroxyl groups is 2. The van der Waals surface area contributed by atoms with Crippen LogP contribution in [0.2, 0.25) is 0 Å². The van der Waals surface area contributed by atoms with Crippen molar-refractivity contribution in [2.24, 2.45) is 17.2 Å². The van der Waals surface area contributed by atoms with E-state index in [1.165, 1.54) is 48.5 Å². The number of fused-ring (bicyclic) bond motifs is 2. The largest absolute Gasteiger partial charge is 0.508 e. The van der Waals surface area contributed by atoms with Crippen LogP contribution in [0, 0.1) is 0 Å². The topological polar surface area (TPSA) is 528 Å². The van der Waals surface area contributed by atoms with Crippen LogP contribution in [0.25, 0.3) is 33.4 Å². The molecule has 86 heavy (non-hydrogen) atoms. The number of amides is 11. The van der Waals surface area contributed by atoms with Gasteiger partial charge in [0.15, 0.2) is 5.43 Å². The summed E-state index contributed by atoms with van der Waals surface area (Å²) < 4.78 is 5.82. The number of aliphatic carboxylic acids is 1. The summed E-state index contributed by atoms with van der Waals surface area (Å²) in [5, 5.41) is 68.2. The Balaban J connectivity index is 1.23. The number of nitrogens with two attached hydrogens (primary N) is 3. The maximum absolute atomic E-state index is 13.8. The molecule has 456 valence electrons. The SMILES string of the molecule is C[C@H](NC(=O)[C@H](CC(N)=O)NC(=O)[C@H](CCC(N)=O)NC(=O)[C@H](CC(=O)O)NC(=O)[C@H](CO)NC(=O)CNC(=O)c1ccc(-c2c3ccc(=O)cc-3oc3cc(O)ccc23)c(C(=O)O)c1)C(=O)N[C@H](C(=O)N[C@@H](Cc1ccccc1)C(N)=O)[C@@H](C)O. The van der Waals surface area contributed by atoms with Gasteiger partial charge < -0.3 is 89.7 Å². The van der Waals surface area contributed by atoms with Crippen molar-refractivity contribution in [2.75, 3.05) is 13.2 Å². The number of rotatable bonds is 30. The lowest BCUT2D eigenvalue weighted by molar-refractivity contribution is -0.141. The van der Waals surface area contributed by atoms with Crippen LogP contribution in [0.5, 0.6) is 5.75 Å². The first-order valence-corrected chi connectivity index (χ1v) is 25.9. The van der Waals surface area contributed by atoms with Crippen LogP contribution < -0.4 is 65.2 Å². The zero-order chi connectivity index (χ0) is 63.7. The summed E-state index contributed by atoms with van der Waals surface area (Å²) in [7, 11) is 0. The fourth-order valence-electron chi connectivity index (χ4n) is 8.50. The molecule has 3 aromatic rings. The molecule has 0 aromatic heterocycles. The first-order chi connectivity index (χ1) is 40.6. The number of aromatic carboxylic acids is 1. The van der Waals surface area contributed by atoms with Gasteiger partial charge in [0.05, 0.1) is 37.7 Å². The monoisotopic (exact) mass is 1200 g/mol. The molecule has 5 rings (SSSR count). The van der Waals surface area contributed by atoms with Gasteiger partial charge in [0.1, 0.15) is 59.4 Å². The van der Waals surface area contributed by atoms with Gasteiger partial charge in [-0.05, 0) is 67.8 Å². The van der Waals surface area contributed by atoms with Gasteiger partial charge in [0, 0.05) is 47.1 Å². The normalized spacial score (nSPS) is 13.8. The summed E-state index contributed by atoms with van der Waals surface area (Å²) in [6.07, 6.45) is -5.14. The molecule has 0 fully saturated rings. The molecule has 31 heteroatoms. The fourth-order valence-corrected chi connectivity index (χ4v) is 8.50. The van der Waals surface area contributed by atoms with E-state index < -0.39 is 175 Å². The molecule has 1 heterocycles. The Morgan fingerprint density at radius 2 is 1.21 bits per heavy atom. The Morgan fingerprint density at radius 3 is 1.81 bits per heavy atom. The van der Waals surface area contributed by atoms with E-state index in [0.717, 1.165) is 19.9 Å². The lowest BCUT2D eigenvalue weighted by Gasteiger charge is -2.27. The smallest absolute Gasteiger partial charge is 0.336 e. The van der Waals surface area contributed by atoms with Gasteiger partial charge in [0.25, 0.3) is 5.91 Å². The van der Waals surface area contributed by atoms with Crippen molar-refractivity contribution < 1.29 is 92.3 Å². The molecule has 31 nitrogen and oxygen atoms in total. The third-order valence-corrected chi connectivity index (χ3v) is 12.8. The van der Waals surface area contributed by atoms with Crippen LogP contribution in [0.15, 0.2) is 94.1 Å². The van der Waals surface area contributed by atoms with E-state index in [4.69, 9.17) is 21.6 Å². The third-order valence-electron chi connectivity index (χ3n) is 12.8. The second-order valence-electron chi connectivity index (χ2n) is 19.4. The molecular weight excluding hydrogens is 1130 g/mol. The summed E-state index contributed by atoms with van der Waals surface area (Å²) in [4.78, 5) is 180. The second kappa shape index (κ2) is 29.9. The van der Waals surface area contributed by atoms with Crippen LogP contribution in [0.1, 0.15) is 65.8 Å². The van der Waals surface area contributed by atoms with Gasteiger partial charge in [-0.1, -0.05) is 36.4 Å². The molecule has 11 amide bonds. The minimum absolute atomic E-state index is 0.0517. The summed E-state index contributed by atoms with van der Waals surface area (Å²) in [6.45, 7) is 0.119. The second-order valence-corrected chi connectivity index (χ2v) is 19.4. The quantitative estimate of drug-likeness (QED) is 0.0194. The van der Waals surface area contributed by atoms with Crippen LogP contribution in [-0.2, 0) is 59.2 Å². The average Bonchev–Trinajstić information content (AvgIpc) is 1.20. The Labute approximate surface area is 486 Å². The molecule has 0 radical (unpaired) electrons. The minimum Gasteiger partial charge on any atom is -0.508 e. The lowest BCUT2D eigenvalue weighted by Crippen LogP contribution is -2.61. The molecule has 3 aromatic carbocycles. The molecule has 2 aliphatic rings. The van der Waals surface area contributed by atoms with E-state index in [2.05, 4.69) is 37.2 Å². The van der Waals surface area contributed by atoms with Gasteiger partial charge in [-0.2, -0.15) is 0 Å². The fraction of sp³-hybridized carbons (Fsp3) is 0.309. The minimum atomic E-state index is -2.12. The van der Waals surface area contributed by atoms with Crippen LogP contribution in [0.4, 0.5) is 0 Å². The number of phenols is 1. The van der Waals surface area contributed by atoms with E-state index >= 15 is 0 Å². The highest BCUT2D eigenvalue weighted by molar-refractivity contribution is 6.09. The maximum atomic E-state index is 13.8. The van der Waals surface area contributed by atoms with Crippen molar-refractivity contribution in [3.63, 3.8) is 0 Å². The molecule has 0 saturated heterocycles. The molecular formula is C55H61N11O20. The molecule has 8 atom stereocenters. The summed E-state index contributed by atoms with van der Waals surface area (Å²) in [6, 6.07) is 7.20. The number of phenolic OH excluding ortho intramolecular Hbond substituents is 1. The molecule has 1 aliphatic heterocycles. The van der Waals surface area contributed by atoms with E-state index in [0.29, 0.717) is 16.5 Å². The highest BCUT2D eigenvalue weighted by atomic mass is 16.4. The predicted molar refractivity (Wildman–Crippen MR) is 297 cm³/mol. The molecule has 19 N–H and O–H groups in total. The highest BCUT2D eigenvalue weighted by Crippen LogP contribution is 2.42. The average molecular weight is 1200 g/mol. The first-order valence-electron chi connectivity index (χ1n) is 25.9. The van der Waals surface area contributed by atoms with Crippen molar-refractivity contribution >= 4 is 87.9 Å². The summed E-state index contributed by atoms with van der Waals surface area (Å²) >= 11 is 0. The van der Waals surface area contributed by atoms with Crippen molar-refractivity contribution in [2.45, 2.75) is 94.3 Å². The van der Waals surface area contributed by atoms with Gasteiger partial charge in [0.2, 0.25) is 59.1 Å². The van der Waals surface area contributed by atoms with E-state index in [-0.39, 0.29) is 40.2 Å². The number of hydrogen-bond acceptors (Lipinski definition) is 18. The van der Waals surface area contributed by atoms with E-state index in [9.17, 15) is 92.7 Å². The molecule has 0 bridgehead atoms. The van der Waals surface area contributed by atoms with Crippen molar-refractivity contribution in [3.05, 3.63) is 112 Å². The number of carbonyl (C=O) groups excluding carboxylic acids is 11. The van der Waals surface area contributed by atoms with Crippen LogP contribution >= 0.6 is 0 Å². The van der Waals surface area contributed by atoms with Crippen molar-refractivity contribution in [1.29, 1.82) is 0 Å². The molecule has 0 saturated carbocycles. The van der Waals surface area contributed by atoms with Crippen LogP contribution in [-0.4, -0.2) is 164 Å². The Hall–Kier alpha value is -10.8. The predicted octanol–water partition coefficient (Wildman–Crippen LogP) is -4.17. The zero-order valence-electron chi connectivity index (χ0n) is 45.7. The summed E-state index contributed by atoms with van der Waals surface area (Å²) in [5.41, 5.74) is 16.3. The number of carboxylic acids is 2. The van der Waals surface area contributed by atoms with Gasteiger partial charge in [-0.3, -0.25) is 62.3 Å². The third kappa shape index (κ3) is 18.3. The van der Waals surface area contributed by atoms with E-state index in [1.54, 1.807) is 30.3 Å². The van der Waals surface area contributed by atoms with Crippen molar-refractivity contribution in [1.82, 2.24) is 42.5 Å². The number of carbonyl (C=O) groups is 13. The van der Waals surface area contributed by atoms with Gasteiger partial charge in [-0.25, -0.2) is 4.79 Å².